The number of amides is 1. The number of nitrogens with zero attached hydrogens (tertiary/aromatic N) is 2. The van der Waals surface area contributed by atoms with Gasteiger partial charge in [-0.2, -0.15) is 0 Å². The van der Waals surface area contributed by atoms with Gasteiger partial charge in [-0.1, -0.05) is 0 Å². The van der Waals surface area contributed by atoms with E-state index in [4.69, 9.17) is 5.14 Å². The third-order valence-corrected chi connectivity index (χ3v) is 2.83. The molecule has 0 fully saturated rings. The summed E-state index contributed by atoms with van der Waals surface area (Å²) in [5, 5.41) is 7.27. The Bertz CT molecular complexity index is 489. The number of aromatic nitrogens is 2. The molecule has 0 unspecified atom stereocenters. The van der Waals surface area contributed by atoms with Gasteiger partial charge in [-0.3, -0.25) is 4.57 Å². The van der Waals surface area contributed by atoms with E-state index >= 15 is 0 Å². The highest BCUT2D eigenvalue weighted by atomic mass is 32.2. The molecule has 0 radical (unpaired) electrons. The fourth-order valence-corrected chi connectivity index (χ4v) is 2.09. The molecule has 0 bridgehead atoms. The number of hydrogen-bond acceptors (Lipinski definition) is 4. The van der Waals surface area contributed by atoms with Crippen molar-refractivity contribution in [3.05, 3.63) is 12.0 Å². The SMILES string of the molecule is NS(=O)(=O)c1ncn2c1CCNC2=O. The molecule has 0 spiro atoms. The van der Waals surface area contributed by atoms with E-state index in [0.717, 1.165) is 10.9 Å². The summed E-state index contributed by atoms with van der Waals surface area (Å²) in [6.07, 6.45) is 1.57. The number of hydrogen-bond donors (Lipinski definition) is 2. The molecular formula is C6H8N4O3S. The fraction of sp³-hybridized carbons (Fsp3) is 0.333. The molecule has 2 heterocycles. The first-order valence-corrected chi connectivity index (χ1v) is 5.42. The Morgan fingerprint density at radius 3 is 2.93 bits per heavy atom. The summed E-state index contributed by atoms with van der Waals surface area (Å²) in [6.45, 7) is 0.396. The van der Waals surface area contributed by atoms with E-state index < -0.39 is 10.0 Å². The van der Waals surface area contributed by atoms with Gasteiger partial charge < -0.3 is 5.32 Å². The predicted octanol–water partition coefficient (Wildman–Crippen LogP) is -1.36. The highest BCUT2D eigenvalue weighted by molar-refractivity contribution is 7.89. The molecule has 1 aromatic rings. The molecular weight excluding hydrogens is 208 g/mol. The number of carbonyl (C=O) groups is 1. The molecule has 0 aliphatic carbocycles. The molecule has 0 saturated carbocycles. The van der Waals surface area contributed by atoms with Crippen molar-refractivity contribution in [1.82, 2.24) is 14.9 Å². The number of fused-ring (bicyclic) bond motifs is 1. The van der Waals surface area contributed by atoms with Gasteiger partial charge in [0.1, 0.15) is 6.33 Å². The summed E-state index contributed by atoms with van der Waals surface area (Å²) < 4.78 is 23.2. The van der Waals surface area contributed by atoms with Crippen molar-refractivity contribution in [1.29, 1.82) is 0 Å². The lowest BCUT2D eigenvalue weighted by molar-refractivity contribution is 0.239. The number of rotatable bonds is 1. The van der Waals surface area contributed by atoms with Crippen LogP contribution in [0.4, 0.5) is 4.79 Å². The number of imidazole rings is 1. The molecule has 1 aromatic heterocycles. The molecule has 1 aliphatic heterocycles. The Morgan fingerprint density at radius 2 is 2.29 bits per heavy atom. The van der Waals surface area contributed by atoms with Crippen LogP contribution < -0.4 is 10.5 Å². The maximum Gasteiger partial charge on any atom is 0.327 e. The average Bonchev–Trinajstić information content (AvgIpc) is 2.47. The van der Waals surface area contributed by atoms with Crippen LogP contribution in [-0.2, 0) is 16.4 Å². The third kappa shape index (κ3) is 1.28. The Morgan fingerprint density at radius 1 is 1.57 bits per heavy atom. The van der Waals surface area contributed by atoms with Crippen molar-refractivity contribution < 1.29 is 13.2 Å². The second-order valence-electron chi connectivity index (χ2n) is 2.89. The Kier molecular flexibility index (Phi) is 1.82. The van der Waals surface area contributed by atoms with Crippen LogP contribution in [0, 0.1) is 0 Å². The van der Waals surface area contributed by atoms with Crippen LogP contribution in [0.2, 0.25) is 0 Å². The number of carbonyl (C=O) groups excluding carboxylic acids is 1. The molecule has 0 aromatic carbocycles. The highest BCUT2D eigenvalue weighted by Crippen LogP contribution is 2.14. The molecule has 2 rings (SSSR count). The summed E-state index contributed by atoms with van der Waals surface area (Å²) in [4.78, 5) is 14.8. The van der Waals surface area contributed by atoms with E-state index in [0.29, 0.717) is 18.7 Å². The summed E-state index contributed by atoms with van der Waals surface area (Å²) in [7, 11) is -3.84. The van der Waals surface area contributed by atoms with Crippen LogP contribution in [-0.4, -0.2) is 30.5 Å². The van der Waals surface area contributed by atoms with Crippen molar-refractivity contribution in [2.75, 3.05) is 6.54 Å². The molecule has 14 heavy (non-hydrogen) atoms. The maximum atomic E-state index is 11.2. The minimum atomic E-state index is -3.84. The van der Waals surface area contributed by atoms with E-state index in [1.165, 1.54) is 0 Å². The van der Waals surface area contributed by atoms with Crippen molar-refractivity contribution in [2.45, 2.75) is 11.4 Å². The van der Waals surface area contributed by atoms with E-state index in [-0.39, 0.29) is 11.1 Å². The van der Waals surface area contributed by atoms with Gasteiger partial charge in [0, 0.05) is 13.0 Å². The minimum absolute atomic E-state index is 0.215. The van der Waals surface area contributed by atoms with Crippen LogP contribution >= 0.6 is 0 Å². The molecule has 1 amide bonds. The van der Waals surface area contributed by atoms with E-state index in [1.807, 2.05) is 0 Å². The van der Waals surface area contributed by atoms with Crippen LogP contribution in [0.15, 0.2) is 11.4 Å². The summed E-state index contributed by atoms with van der Waals surface area (Å²) in [5.74, 6) is 0. The number of sulfonamides is 1. The topological polar surface area (TPSA) is 107 Å². The van der Waals surface area contributed by atoms with Gasteiger partial charge in [-0.05, 0) is 0 Å². The molecule has 7 nitrogen and oxygen atoms in total. The lowest BCUT2D eigenvalue weighted by atomic mass is 10.3. The second kappa shape index (κ2) is 2.79. The maximum absolute atomic E-state index is 11.2. The first-order valence-electron chi connectivity index (χ1n) is 3.87. The third-order valence-electron chi connectivity index (χ3n) is 1.95. The number of nitrogens with two attached hydrogens (primary N) is 1. The van der Waals surface area contributed by atoms with Gasteiger partial charge in [0.2, 0.25) is 0 Å². The van der Waals surface area contributed by atoms with E-state index in [1.54, 1.807) is 0 Å². The Balaban J connectivity index is 2.63. The Labute approximate surface area is 80.0 Å². The lowest BCUT2D eigenvalue weighted by Gasteiger charge is -2.14. The van der Waals surface area contributed by atoms with Crippen molar-refractivity contribution in [3.8, 4) is 0 Å². The molecule has 0 atom stereocenters. The van der Waals surface area contributed by atoms with Crippen LogP contribution in [0.25, 0.3) is 0 Å². The number of nitrogens with one attached hydrogen (secondary N) is 1. The number of primary sulfonamides is 1. The van der Waals surface area contributed by atoms with Gasteiger partial charge >= 0.3 is 6.03 Å². The summed E-state index contributed by atoms with van der Waals surface area (Å²) in [6, 6.07) is -0.381. The smallest absolute Gasteiger partial charge is 0.327 e. The summed E-state index contributed by atoms with van der Waals surface area (Å²) in [5.41, 5.74) is 0.344. The van der Waals surface area contributed by atoms with E-state index in [2.05, 4.69) is 10.3 Å². The second-order valence-corrected chi connectivity index (χ2v) is 4.37. The van der Waals surface area contributed by atoms with Gasteiger partial charge in [0.15, 0.2) is 5.03 Å². The van der Waals surface area contributed by atoms with Crippen LogP contribution in [0.1, 0.15) is 5.69 Å². The zero-order chi connectivity index (χ0) is 10.3. The van der Waals surface area contributed by atoms with Crippen LogP contribution in [0.3, 0.4) is 0 Å². The lowest BCUT2D eigenvalue weighted by Crippen LogP contribution is -2.36. The van der Waals surface area contributed by atoms with Crippen molar-refractivity contribution in [3.63, 3.8) is 0 Å². The fourth-order valence-electron chi connectivity index (χ4n) is 1.37. The van der Waals surface area contributed by atoms with Crippen molar-refractivity contribution >= 4 is 16.1 Å². The minimum Gasteiger partial charge on any atom is -0.337 e. The van der Waals surface area contributed by atoms with E-state index in [9.17, 15) is 13.2 Å². The monoisotopic (exact) mass is 216 g/mol. The zero-order valence-electron chi connectivity index (χ0n) is 7.10. The molecule has 3 N–H and O–H groups in total. The van der Waals surface area contributed by atoms with Crippen LogP contribution in [0.5, 0.6) is 0 Å². The normalized spacial score (nSPS) is 16.2. The highest BCUT2D eigenvalue weighted by Gasteiger charge is 2.25. The first kappa shape index (κ1) is 9.16. The van der Waals surface area contributed by atoms with Crippen molar-refractivity contribution in [2.24, 2.45) is 5.14 Å². The molecule has 1 aliphatic rings. The zero-order valence-corrected chi connectivity index (χ0v) is 7.91. The van der Waals surface area contributed by atoms with Gasteiger partial charge in [0.25, 0.3) is 10.0 Å². The molecule has 0 saturated heterocycles. The Hall–Kier alpha value is -1.41. The predicted molar refractivity (Wildman–Crippen MR) is 46.1 cm³/mol. The molecule has 76 valence electrons. The van der Waals surface area contributed by atoms with Gasteiger partial charge in [-0.15, -0.1) is 0 Å². The average molecular weight is 216 g/mol. The standard InChI is InChI=1S/C6H8N4O3S/c7-14(12,13)5-4-1-2-8-6(11)10(4)3-9-5/h3H,1-2H2,(H,8,11)(H2,7,12,13). The van der Waals surface area contributed by atoms with Gasteiger partial charge in [0.05, 0.1) is 5.69 Å². The molecule has 8 heteroatoms. The first-order chi connectivity index (χ1) is 6.50. The quantitative estimate of drug-likeness (QED) is 0.604. The van der Waals surface area contributed by atoms with Gasteiger partial charge in [-0.25, -0.2) is 23.3 Å². The summed E-state index contributed by atoms with van der Waals surface area (Å²) >= 11 is 0. The largest absolute Gasteiger partial charge is 0.337 e.